The van der Waals surface area contributed by atoms with Gasteiger partial charge in [0.25, 0.3) is 0 Å². The summed E-state index contributed by atoms with van der Waals surface area (Å²) >= 11 is 2.22. The van der Waals surface area contributed by atoms with Gasteiger partial charge in [-0.05, 0) is 54.0 Å². The van der Waals surface area contributed by atoms with Crippen LogP contribution in [0.1, 0.15) is 19.3 Å². The average molecular weight is 447 g/mol. The van der Waals surface area contributed by atoms with Crippen LogP contribution in [0.5, 0.6) is 5.75 Å². The lowest BCUT2D eigenvalue weighted by molar-refractivity contribution is -0.0503. The summed E-state index contributed by atoms with van der Waals surface area (Å²) < 4.78 is 29.5. The van der Waals surface area contributed by atoms with Gasteiger partial charge >= 0.3 is 6.61 Å². The highest BCUT2D eigenvalue weighted by atomic mass is 127. The molecule has 1 aliphatic carbocycles. The Balaban J connectivity index is 1.49. The lowest BCUT2D eigenvalue weighted by Crippen LogP contribution is -2.22. The van der Waals surface area contributed by atoms with Gasteiger partial charge in [-0.15, -0.1) is 0 Å². The average Bonchev–Trinajstić information content (AvgIpc) is 2.98. The van der Waals surface area contributed by atoms with E-state index in [-0.39, 0.29) is 11.8 Å². The number of nitrogens with one attached hydrogen (secondary N) is 2. The monoisotopic (exact) mass is 447 g/mol. The van der Waals surface area contributed by atoms with Crippen LogP contribution in [0, 0.1) is 3.57 Å². The number of hydrogen-bond donors (Lipinski definition) is 2. The minimum absolute atomic E-state index is 0.0497. The number of nitrogens with zero attached hydrogens (tertiary/aromatic N) is 3. The van der Waals surface area contributed by atoms with Gasteiger partial charge in [0.05, 0.1) is 12.4 Å². The van der Waals surface area contributed by atoms with E-state index in [9.17, 15) is 8.78 Å². The highest BCUT2D eigenvalue weighted by Crippen LogP contribution is 2.25. The van der Waals surface area contributed by atoms with Crippen molar-refractivity contribution in [1.82, 2.24) is 15.0 Å². The van der Waals surface area contributed by atoms with Crippen LogP contribution < -0.4 is 15.4 Å². The number of hydrogen-bond acceptors (Lipinski definition) is 6. The summed E-state index contributed by atoms with van der Waals surface area (Å²) in [6.45, 7) is -2.87. The first kappa shape index (κ1) is 17.1. The maximum atomic E-state index is 12.1. The number of rotatable bonds is 6. The molecule has 2 N–H and O–H groups in total. The molecule has 0 aromatic carbocycles. The zero-order valence-corrected chi connectivity index (χ0v) is 14.8. The first-order valence-electron chi connectivity index (χ1n) is 7.50. The summed E-state index contributed by atoms with van der Waals surface area (Å²) in [4.78, 5) is 12.3. The number of anilines is 2. The van der Waals surface area contributed by atoms with Gasteiger partial charge in [0.2, 0.25) is 5.95 Å². The van der Waals surface area contributed by atoms with E-state index in [2.05, 4.69) is 52.9 Å². The largest absolute Gasteiger partial charge is 0.432 e. The van der Waals surface area contributed by atoms with Crippen molar-refractivity contribution in [3.63, 3.8) is 0 Å². The zero-order chi connectivity index (χ0) is 16.9. The van der Waals surface area contributed by atoms with E-state index in [1.807, 2.05) is 18.3 Å². The van der Waals surface area contributed by atoms with Gasteiger partial charge in [-0.25, -0.2) is 15.0 Å². The van der Waals surface area contributed by atoms with Gasteiger partial charge in [0, 0.05) is 21.9 Å². The third-order valence-electron chi connectivity index (χ3n) is 3.70. The molecule has 9 heteroatoms. The van der Waals surface area contributed by atoms with Crippen molar-refractivity contribution in [3.05, 3.63) is 34.3 Å². The van der Waals surface area contributed by atoms with Gasteiger partial charge in [-0.3, -0.25) is 0 Å². The molecule has 0 amide bonds. The van der Waals surface area contributed by atoms with Crippen LogP contribution in [0.4, 0.5) is 20.5 Å². The Hall–Kier alpha value is -1.78. The van der Waals surface area contributed by atoms with E-state index in [0.29, 0.717) is 12.0 Å². The van der Waals surface area contributed by atoms with Crippen LogP contribution in [0.25, 0.3) is 0 Å². The van der Waals surface area contributed by atoms with E-state index in [1.165, 1.54) is 12.4 Å². The third-order valence-corrected chi connectivity index (χ3v) is 4.34. The number of halogens is 3. The Morgan fingerprint density at radius 2 is 1.75 bits per heavy atom. The molecular weight excluding hydrogens is 431 g/mol. The smallest absolute Gasteiger partial charge is 0.387 e. The third kappa shape index (κ3) is 4.86. The second-order valence-corrected chi connectivity index (χ2v) is 6.72. The van der Waals surface area contributed by atoms with E-state index in [0.717, 1.165) is 28.7 Å². The Kier molecular flexibility index (Phi) is 5.59. The fourth-order valence-corrected chi connectivity index (χ4v) is 2.97. The maximum absolute atomic E-state index is 12.1. The minimum Gasteiger partial charge on any atom is -0.432 e. The molecule has 2 atom stereocenters. The quantitative estimate of drug-likeness (QED) is 0.661. The van der Waals surface area contributed by atoms with Crippen molar-refractivity contribution in [2.24, 2.45) is 0 Å². The van der Waals surface area contributed by atoms with Crippen molar-refractivity contribution in [3.8, 4) is 5.75 Å². The predicted molar refractivity (Wildman–Crippen MR) is 94.3 cm³/mol. The second-order valence-electron chi connectivity index (χ2n) is 5.48. The fourth-order valence-electron chi connectivity index (χ4n) is 2.65. The molecule has 2 unspecified atom stereocenters. The number of pyridine rings is 1. The van der Waals surface area contributed by atoms with Crippen molar-refractivity contribution in [2.45, 2.75) is 38.0 Å². The van der Waals surface area contributed by atoms with Gasteiger partial charge in [-0.2, -0.15) is 8.78 Å². The number of alkyl halides is 2. The van der Waals surface area contributed by atoms with Crippen molar-refractivity contribution >= 4 is 34.4 Å². The molecule has 0 aliphatic heterocycles. The number of ether oxygens (including phenoxy) is 1. The molecule has 3 rings (SSSR count). The first-order chi connectivity index (χ1) is 11.6. The molecule has 2 heterocycles. The molecule has 24 heavy (non-hydrogen) atoms. The highest BCUT2D eigenvalue weighted by molar-refractivity contribution is 14.1. The highest BCUT2D eigenvalue weighted by Gasteiger charge is 2.25. The second kappa shape index (κ2) is 7.86. The summed E-state index contributed by atoms with van der Waals surface area (Å²) in [5.41, 5.74) is 0. The minimum atomic E-state index is -2.87. The Morgan fingerprint density at radius 1 is 1.04 bits per heavy atom. The SMILES string of the molecule is FC(F)Oc1cnc(NC2CCC(Nc3ccc(I)cn3)C2)nc1. The normalized spacial score (nSPS) is 20.2. The molecule has 1 aliphatic rings. The Labute approximate surface area is 151 Å². The summed E-state index contributed by atoms with van der Waals surface area (Å²) in [6.07, 6.45) is 7.19. The van der Waals surface area contributed by atoms with Crippen molar-refractivity contribution in [1.29, 1.82) is 0 Å². The van der Waals surface area contributed by atoms with E-state index < -0.39 is 6.61 Å². The molecule has 1 fully saturated rings. The van der Waals surface area contributed by atoms with Gasteiger partial charge < -0.3 is 15.4 Å². The Bertz CT molecular complexity index is 656. The zero-order valence-electron chi connectivity index (χ0n) is 12.6. The van der Waals surface area contributed by atoms with Crippen LogP contribution in [0.2, 0.25) is 0 Å². The molecule has 1 saturated carbocycles. The summed E-state index contributed by atoms with van der Waals surface area (Å²) in [5.74, 6) is 1.23. The molecule has 0 radical (unpaired) electrons. The molecule has 0 saturated heterocycles. The van der Waals surface area contributed by atoms with Crippen LogP contribution in [-0.4, -0.2) is 33.6 Å². The van der Waals surface area contributed by atoms with Crippen LogP contribution in [-0.2, 0) is 0 Å². The van der Waals surface area contributed by atoms with Gasteiger partial charge in [0.1, 0.15) is 5.82 Å². The van der Waals surface area contributed by atoms with Crippen LogP contribution in [0.15, 0.2) is 30.7 Å². The number of aromatic nitrogens is 3. The standard InChI is InChI=1S/C15H16F2IN5O/c16-14(17)24-12-7-20-15(21-8-12)23-11-3-2-10(5-11)22-13-4-1-9(18)6-19-13/h1,4,6-8,10-11,14H,2-3,5H2,(H,19,22)(H,20,21,23). The van der Waals surface area contributed by atoms with Gasteiger partial charge in [0.15, 0.2) is 5.75 Å². The Morgan fingerprint density at radius 3 is 2.38 bits per heavy atom. The van der Waals surface area contributed by atoms with Gasteiger partial charge in [-0.1, -0.05) is 0 Å². The summed E-state index contributed by atoms with van der Waals surface area (Å²) in [5, 5.41) is 6.64. The summed E-state index contributed by atoms with van der Waals surface area (Å²) in [6, 6.07) is 4.54. The molecule has 0 spiro atoms. The lowest BCUT2D eigenvalue weighted by atomic mass is 10.2. The molecule has 6 nitrogen and oxygen atoms in total. The topological polar surface area (TPSA) is 72.0 Å². The fraction of sp³-hybridized carbons (Fsp3) is 0.400. The lowest BCUT2D eigenvalue weighted by Gasteiger charge is -2.15. The van der Waals surface area contributed by atoms with E-state index in [1.54, 1.807) is 0 Å². The molecule has 128 valence electrons. The maximum Gasteiger partial charge on any atom is 0.387 e. The molecular formula is C15H16F2IN5O. The van der Waals surface area contributed by atoms with Crippen molar-refractivity contribution in [2.75, 3.05) is 10.6 Å². The van der Waals surface area contributed by atoms with E-state index in [4.69, 9.17) is 0 Å². The summed E-state index contributed by atoms with van der Waals surface area (Å²) in [7, 11) is 0. The van der Waals surface area contributed by atoms with E-state index >= 15 is 0 Å². The van der Waals surface area contributed by atoms with Crippen molar-refractivity contribution < 1.29 is 13.5 Å². The predicted octanol–water partition coefficient (Wildman–Crippen LogP) is 3.52. The first-order valence-corrected chi connectivity index (χ1v) is 8.58. The molecule has 2 aromatic rings. The van der Waals surface area contributed by atoms with Crippen LogP contribution in [0.3, 0.4) is 0 Å². The van der Waals surface area contributed by atoms with Crippen LogP contribution >= 0.6 is 22.6 Å². The molecule has 0 bridgehead atoms. The molecule has 2 aromatic heterocycles.